The number of nitrogens with one attached hydrogen (secondary N) is 2. The van der Waals surface area contributed by atoms with Crippen molar-refractivity contribution >= 4 is 50.0 Å². The smallest absolute Gasteiger partial charge is 0.232 e. The maximum Gasteiger partial charge on any atom is 0.232 e. The predicted octanol–water partition coefficient (Wildman–Crippen LogP) is 4.33. The summed E-state index contributed by atoms with van der Waals surface area (Å²) in [7, 11) is -0.234. The highest BCUT2D eigenvalue weighted by Gasteiger charge is 2.31. The quantitative estimate of drug-likeness (QED) is 0.315. The van der Waals surface area contributed by atoms with E-state index in [0.29, 0.717) is 40.7 Å². The molecular weight excluding hydrogens is 544 g/mol. The number of ether oxygens (including phenoxy) is 1. The van der Waals surface area contributed by atoms with Gasteiger partial charge in [0.2, 0.25) is 15.9 Å². The molecular formula is C28H34N8O4S. The third-order valence-corrected chi connectivity index (χ3v) is 8.80. The van der Waals surface area contributed by atoms with Crippen LogP contribution < -0.4 is 14.9 Å². The van der Waals surface area contributed by atoms with Crippen molar-refractivity contribution < 1.29 is 17.9 Å². The van der Waals surface area contributed by atoms with Gasteiger partial charge in [-0.05, 0) is 56.7 Å². The molecule has 2 fully saturated rings. The summed E-state index contributed by atoms with van der Waals surface area (Å²) < 4.78 is 36.3. The van der Waals surface area contributed by atoms with E-state index in [1.807, 2.05) is 42.9 Å². The number of nitrogens with zero attached hydrogens (tertiary/aromatic N) is 6. The van der Waals surface area contributed by atoms with Crippen LogP contribution in [-0.2, 0) is 26.6 Å². The number of pyridine rings is 1. The molecule has 41 heavy (non-hydrogen) atoms. The zero-order valence-corrected chi connectivity index (χ0v) is 24.4. The number of imidazole rings is 1. The molecule has 1 unspecified atom stereocenters. The molecule has 0 bridgehead atoms. The van der Waals surface area contributed by atoms with Crippen molar-refractivity contribution in [3.05, 3.63) is 42.5 Å². The molecule has 1 amide bonds. The first-order chi connectivity index (χ1) is 19.6. The van der Waals surface area contributed by atoms with E-state index >= 15 is 0 Å². The van der Waals surface area contributed by atoms with Crippen LogP contribution in [0.4, 0.5) is 22.9 Å². The monoisotopic (exact) mass is 578 g/mol. The molecule has 1 aromatic carbocycles. The van der Waals surface area contributed by atoms with Gasteiger partial charge in [-0.1, -0.05) is 6.07 Å². The second kappa shape index (κ2) is 10.5. The lowest BCUT2D eigenvalue weighted by molar-refractivity contribution is -0.117. The highest BCUT2D eigenvalue weighted by molar-refractivity contribution is 7.92. The van der Waals surface area contributed by atoms with Crippen molar-refractivity contribution in [2.75, 3.05) is 34.8 Å². The largest absolute Gasteiger partial charge is 0.358 e. The van der Waals surface area contributed by atoms with Gasteiger partial charge >= 0.3 is 0 Å². The number of carbonyl (C=O) groups is 1. The summed E-state index contributed by atoms with van der Waals surface area (Å²) in [6, 6.07) is 7.31. The number of aromatic nitrogens is 5. The van der Waals surface area contributed by atoms with Gasteiger partial charge in [0.05, 0.1) is 29.5 Å². The maximum atomic E-state index is 12.7. The summed E-state index contributed by atoms with van der Waals surface area (Å²) in [5.74, 6) is 1.09. The number of benzene rings is 1. The molecule has 216 valence electrons. The zero-order chi connectivity index (χ0) is 28.9. The van der Waals surface area contributed by atoms with Gasteiger partial charge in [-0.15, -0.1) is 0 Å². The van der Waals surface area contributed by atoms with E-state index in [-0.39, 0.29) is 18.1 Å². The standard InChI is InChI=1S/C28H34N8O4S/c1-17-30-26-22(14-24(33-28(37)18-8-9-18)32-27(26)36(17)25-7-5-6-12-40-25)31-21-11-10-19(20-15-29-34(2)16-20)13-23(21)35(3)41(4,38)39/h10-11,13-16,18,25H,5-9,12H2,1-4H3,(H2,31,32,33,37). The number of rotatable bonds is 8. The second-order valence-electron chi connectivity index (χ2n) is 10.8. The fourth-order valence-corrected chi connectivity index (χ4v) is 5.66. The molecule has 4 heterocycles. The van der Waals surface area contributed by atoms with E-state index in [0.717, 1.165) is 49.1 Å². The number of amides is 1. The first-order valence-electron chi connectivity index (χ1n) is 13.7. The Kier molecular flexibility index (Phi) is 6.94. The average Bonchev–Trinajstić information content (AvgIpc) is 3.62. The number of anilines is 4. The van der Waals surface area contributed by atoms with Crippen LogP contribution in [0.2, 0.25) is 0 Å². The van der Waals surface area contributed by atoms with Crippen LogP contribution >= 0.6 is 0 Å². The Morgan fingerprint density at radius 3 is 2.56 bits per heavy atom. The van der Waals surface area contributed by atoms with Gasteiger partial charge in [-0.2, -0.15) is 5.10 Å². The average molecular weight is 579 g/mol. The molecule has 2 aliphatic rings. The normalized spacial score (nSPS) is 17.5. The molecule has 6 rings (SSSR count). The zero-order valence-electron chi connectivity index (χ0n) is 23.6. The van der Waals surface area contributed by atoms with Crippen molar-refractivity contribution in [3.8, 4) is 11.1 Å². The highest BCUT2D eigenvalue weighted by Crippen LogP contribution is 2.38. The predicted molar refractivity (Wildman–Crippen MR) is 158 cm³/mol. The minimum atomic E-state index is -3.58. The summed E-state index contributed by atoms with van der Waals surface area (Å²) in [4.78, 5) is 22.4. The van der Waals surface area contributed by atoms with E-state index in [4.69, 9.17) is 14.7 Å². The van der Waals surface area contributed by atoms with Crippen LogP contribution in [0.15, 0.2) is 36.7 Å². The molecule has 0 spiro atoms. The molecule has 1 aliphatic carbocycles. The Balaban J connectivity index is 1.47. The second-order valence-corrected chi connectivity index (χ2v) is 12.8. The number of hydrogen-bond acceptors (Lipinski definition) is 8. The minimum absolute atomic E-state index is 0.00673. The van der Waals surface area contributed by atoms with Crippen molar-refractivity contribution in [1.29, 1.82) is 0 Å². The summed E-state index contributed by atoms with van der Waals surface area (Å²) in [5.41, 5.74) is 4.48. The molecule has 1 saturated heterocycles. The van der Waals surface area contributed by atoms with E-state index in [9.17, 15) is 13.2 Å². The SMILES string of the molecule is Cc1nc2c(Nc3ccc(-c4cnn(C)c4)cc3N(C)S(C)(=O)=O)cc(NC(=O)C3CC3)nc2n1C1CCCCO1. The lowest BCUT2D eigenvalue weighted by atomic mass is 10.1. The van der Waals surface area contributed by atoms with E-state index in [1.54, 1.807) is 16.9 Å². The third kappa shape index (κ3) is 5.51. The minimum Gasteiger partial charge on any atom is -0.358 e. The molecule has 12 nitrogen and oxygen atoms in total. The van der Waals surface area contributed by atoms with Crippen LogP contribution in [0.25, 0.3) is 22.3 Å². The Hall–Kier alpha value is -3.97. The molecule has 1 atom stereocenters. The van der Waals surface area contributed by atoms with Gasteiger partial charge < -0.3 is 15.4 Å². The number of fused-ring (bicyclic) bond motifs is 1. The maximum absolute atomic E-state index is 12.7. The number of aryl methyl sites for hydroxylation is 2. The van der Waals surface area contributed by atoms with E-state index < -0.39 is 10.0 Å². The van der Waals surface area contributed by atoms with Crippen LogP contribution in [-0.4, -0.2) is 58.6 Å². The fourth-order valence-electron chi connectivity index (χ4n) is 5.15. The van der Waals surface area contributed by atoms with Crippen molar-refractivity contribution in [2.24, 2.45) is 13.0 Å². The summed E-state index contributed by atoms with van der Waals surface area (Å²) in [6.07, 6.45) is 9.21. The number of hydrogen-bond donors (Lipinski definition) is 2. The third-order valence-electron chi connectivity index (χ3n) is 7.61. The van der Waals surface area contributed by atoms with Crippen LogP contribution in [0.3, 0.4) is 0 Å². The van der Waals surface area contributed by atoms with Gasteiger partial charge in [0, 0.05) is 44.4 Å². The van der Waals surface area contributed by atoms with E-state index in [1.165, 1.54) is 17.6 Å². The van der Waals surface area contributed by atoms with Gasteiger partial charge in [0.15, 0.2) is 5.65 Å². The van der Waals surface area contributed by atoms with Gasteiger partial charge in [-0.3, -0.25) is 18.3 Å². The molecule has 4 aromatic rings. The number of carbonyl (C=O) groups excluding carboxylic acids is 1. The Bertz CT molecular complexity index is 1740. The Morgan fingerprint density at radius 1 is 1.10 bits per heavy atom. The lowest BCUT2D eigenvalue weighted by Crippen LogP contribution is -2.25. The molecule has 1 saturated carbocycles. The van der Waals surface area contributed by atoms with Crippen LogP contribution in [0.5, 0.6) is 0 Å². The molecule has 3 aromatic heterocycles. The fraction of sp³-hybridized carbons (Fsp3) is 0.429. The summed E-state index contributed by atoms with van der Waals surface area (Å²) in [6.45, 7) is 2.58. The van der Waals surface area contributed by atoms with Crippen molar-refractivity contribution in [3.63, 3.8) is 0 Å². The van der Waals surface area contributed by atoms with Crippen LogP contribution in [0, 0.1) is 12.8 Å². The topological polar surface area (TPSA) is 136 Å². The molecule has 13 heteroatoms. The van der Waals surface area contributed by atoms with Crippen molar-refractivity contribution in [2.45, 2.75) is 45.3 Å². The molecule has 2 N–H and O–H groups in total. The summed E-state index contributed by atoms with van der Waals surface area (Å²) >= 11 is 0. The summed E-state index contributed by atoms with van der Waals surface area (Å²) in [5, 5.41) is 10.6. The Labute approximate surface area is 238 Å². The van der Waals surface area contributed by atoms with Gasteiger partial charge in [0.1, 0.15) is 23.4 Å². The Morgan fingerprint density at radius 2 is 1.90 bits per heavy atom. The highest BCUT2D eigenvalue weighted by atomic mass is 32.2. The van der Waals surface area contributed by atoms with Gasteiger partial charge in [-0.25, -0.2) is 18.4 Å². The first-order valence-corrected chi connectivity index (χ1v) is 15.6. The van der Waals surface area contributed by atoms with E-state index in [2.05, 4.69) is 15.7 Å². The van der Waals surface area contributed by atoms with Crippen molar-refractivity contribution in [1.82, 2.24) is 24.3 Å². The lowest BCUT2D eigenvalue weighted by Gasteiger charge is -2.25. The molecule has 1 aliphatic heterocycles. The first kappa shape index (κ1) is 27.2. The van der Waals surface area contributed by atoms with Crippen LogP contribution in [0.1, 0.15) is 44.2 Å². The number of sulfonamides is 1. The molecule has 0 radical (unpaired) electrons. The van der Waals surface area contributed by atoms with Gasteiger partial charge in [0.25, 0.3) is 0 Å².